The lowest BCUT2D eigenvalue weighted by Crippen LogP contribution is -2.05. The van der Waals surface area contributed by atoms with Gasteiger partial charge in [0.2, 0.25) is 0 Å². The first kappa shape index (κ1) is 11.3. The largest absolute Gasteiger partial charge is 0.772 e. The topological polar surface area (TPSA) is 40.1 Å². The van der Waals surface area contributed by atoms with Gasteiger partial charge in [-0.15, -0.1) is 0 Å². The molecule has 0 N–H and O–H groups in total. The van der Waals surface area contributed by atoms with Gasteiger partial charge in [-0.05, 0) is 6.42 Å². The number of halogens is 3. The lowest BCUT2D eigenvalue weighted by Gasteiger charge is -2.12. The smallest absolute Gasteiger partial charge is 0.125 e. The molecule has 0 aromatic heterocycles. The maximum atomic E-state index is 10.0. The van der Waals surface area contributed by atoms with E-state index >= 15 is 0 Å². The van der Waals surface area contributed by atoms with E-state index in [2.05, 4.69) is 67.8 Å². The molecule has 0 aliphatic rings. The predicted octanol–water partition coefficient (Wildman–Crippen LogP) is 2.21. The van der Waals surface area contributed by atoms with Crippen LogP contribution in [-0.4, -0.2) is 13.9 Å². The van der Waals surface area contributed by atoms with Crippen LogP contribution in [0.2, 0.25) is 0 Å². The molecule has 0 bridgehead atoms. The van der Waals surface area contributed by atoms with E-state index in [0.717, 1.165) is 0 Å². The van der Waals surface area contributed by atoms with Gasteiger partial charge in [-0.1, -0.05) is 78.9 Å². The van der Waals surface area contributed by atoms with E-state index in [1.165, 1.54) is 0 Å². The van der Waals surface area contributed by atoms with Crippen LogP contribution in [-0.2, 0) is 11.1 Å². The van der Waals surface area contributed by atoms with Crippen molar-refractivity contribution in [2.45, 2.75) is 5.86 Å². The molecule has 0 aromatic rings. The predicted molar refractivity (Wildman–Crippen MR) is 63.2 cm³/mol. The average Bonchev–Trinajstić information content (AvgIpc) is 1.59. The summed E-state index contributed by atoms with van der Waals surface area (Å²) in [4.78, 5) is 0. The lowest BCUT2D eigenvalue weighted by molar-refractivity contribution is 0.536. The van der Waals surface area contributed by atoms with Crippen LogP contribution in [0.1, 0.15) is 6.42 Å². The summed E-state index contributed by atoms with van der Waals surface area (Å²) >= 11 is 4.75. The molecule has 0 heterocycles. The van der Waals surface area contributed by atoms with Crippen LogP contribution in [0.5, 0.6) is 0 Å². The molecule has 0 spiro atoms. The summed E-state index contributed by atoms with van der Waals surface area (Å²) in [6.45, 7) is 0. The van der Waals surface area contributed by atoms with Gasteiger partial charge >= 0.3 is 0 Å². The number of hydrogen-bond donors (Lipinski definition) is 0. The standard InChI is InChI=1S/C3H5I3O2S/c4-3(5,6)1-2-9(7)8/h1-2H2,(H,7,8)/p-1. The van der Waals surface area contributed by atoms with Crippen molar-refractivity contribution in [2.24, 2.45) is 0 Å². The molecule has 0 aliphatic carbocycles. The normalized spacial score (nSPS) is 15.6. The second-order valence-electron chi connectivity index (χ2n) is 1.37. The highest BCUT2D eigenvalue weighted by molar-refractivity contribution is 14.3. The second kappa shape index (κ2) is 5.04. The van der Waals surface area contributed by atoms with Gasteiger partial charge in [0, 0.05) is 5.75 Å². The number of hydrogen-bond acceptors (Lipinski definition) is 2. The highest BCUT2D eigenvalue weighted by Crippen LogP contribution is 2.38. The van der Waals surface area contributed by atoms with E-state index in [1.807, 2.05) is 0 Å². The van der Waals surface area contributed by atoms with E-state index in [0.29, 0.717) is 6.42 Å². The summed E-state index contributed by atoms with van der Waals surface area (Å²) in [5.41, 5.74) is 0. The van der Waals surface area contributed by atoms with E-state index in [4.69, 9.17) is 0 Å². The zero-order valence-electron chi connectivity index (χ0n) is 4.27. The molecule has 1 atom stereocenters. The summed E-state index contributed by atoms with van der Waals surface area (Å²) in [7, 11) is 0. The maximum absolute atomic E-state index is 10.0. The minimum atomic E-state index is -1.88. The molecule has 56 valence electrons. The highest BCUT2D eigenvalue weighted by atomic mass is 127. The number of rotatable bonds is 3. The first-order valence-corrected chi connectivity index (χ1v) is 6.52. The Morgan fingerprint density at radius 3 is 2.00 bits per heavy atom. The third kappa shape index (κ3) is 10.3. The van der Waals surface area contributed by atoms with Crippen molar-refractivity contribution in [3.63, 3.8) is 0 Å². The lowest BCUT2D eigenvalue weighted by atomic mass is 10.6. The molecule has 0 amide bonds. The van der Waals surface area contributed by atoms with Gasteiger partial charge < -0.3 is 4.55 Å². The van der Waals surface area contributed by atoms with Crippen LogP contribution in [0.25, 0.3) is 0 Å². The fourth-order valence-corrected chi connectivity index (χ4v) is 2.58. The van der Waals surface area contributed by atoms with Crippen molar-refractivity contribution in [2.75, 3.05) is 5.75 Å². The summed E-state index contributed by atoms with van der Waals surface area (Å²) in [6, 6.07) is 0. The van der Waals surface area contributed by atoms with E-state index in [9.17, 15) is 8.76 Å². The van der Waals surface area contributed by atoms with Gasteiger partial charge in [0.25, 0.3) is 0 Å². The molecule has 9 heavy (non-hydrogen) atoms. The second-order valence-corrected chi connectivity index (χ2v) is 14.1. The van der Waals surface area contributed by atoms with Crippen molar-refractivity contribution in [1.29, 1.82) is 0 Å². The highest BCUT2D eigenvalue weighted by Gasteiger charge is 2.15. The fourth-order valence-electron chi connectivity index (χ4n) is 0.199. The third-order valence-electron chi connectivity index (χ3n) is 0.552. The summed E-state index contributed by atoms with van der Waals surface area (Å²) < 4.78 is 20.1. The maximum Gasteiger partial charge on any atom is 0.125 e. The summed E-state index contributed by atoms with van der Waals surface area (Å²) in [5, 5.41) is 0. The van der Waals surface area contributed by atoms with Gasteiger partial charge in [-0.2, -0.15) is 0 Å². The van der Waals surface area contributed by atoms with E-state index in [-0.39, 0.29) is 5.19 Å². The fraction of sp³-hybridized carbons (Fsp3) is 1.00. The Hall–Kier alpha value is 2.30. The minimum Gasteiger partial charge on any atom is -0.772 e. The monoisotopic (exact) mass is 485 g/mol. The van der Waals surface area contributed by atoms with Crippen LogP contribution in [0.15, 0.2) is 0 Å². The Kier molecular flexibility index (Phi) is 6.32. The van der Waals surface area contributed by atoms with E-state index < -0.39 is 11.1 Å². The Morgan fingerprint density at radius 2 is 1.89 bits per heavy atom. The Balaban J connectivity index is 3.39. The Morgan fingerprint density at radius 1 is 1.44 bits per heavy atom. The zero-order valence-corrected chi connectivity index (χ0v) is 11.6. The molecule has 0 radical (unpaired) electrons. The third-order valence-corrected chi connectivity index (χ3v) is 2.71. The Labute approximate surface area is 97.6 Å². The minimum absolute atomic E-state index is 0.0490. The van der Waals surface area contributed by atoms with Crippen LogP contribution in [0.3, 0.4) is 0 Å². The van der Waals surface area contributed by atoms with Crippen LogP contribution in [0.4, 0.5) is 0 Å². The van der Waals surface area contributed by atoms with Gasteiger partial charge in [-0.25, -0.2) is 0 Å². The van der Waals surface area contributed by atoms with Crippen LogP contribution >= 0.6 is 67.8 Å². The Bertz CT molecular complexity index is 110. The van der Waals surface area contributed by atoms with Gasteiger partial charge in [-0.3, -0.25) is 4.21 Å². The molecular formula is C3H4I3O2S-. The first-order valence-electron chi connectivity index (χ1n) is 2.04. The molecule has 0 aromatic carbocycles. The molecule has 0 rings (SSSR count). The van der Waals surface area contributed by atoms with Crippen molar-refractivity contribution >= 4 is 78.9 Å². The number of alkyl halides is 3. The summed E-state index contributed by atoms with van der Waals surface area (Å²) in [6.07, 6.45) is 0.699. The molecular weight excluding hydrogens is 481 g/mol. The van der Waals surface area contributed by atoms with Crippen molar-refractivity contribution < 1.29 is 8.76 Å². The van der Waals surface area contributed by atoms with Gasteiger partial charge in [0.1, 0.15) is -0.565 Å². The quantitative estimate of drug-likeness (QED) is 0.350. The molecule has 2 nitrogen and oxygen atoms in total. The van der Waals surface area contributed by atoms with Crippen molar-refractivity contribution in [1.82, 2.24) is 0 Å². The molecule has 0 saturated heterocycles. The molecule has 6 heteroatoms. The SMILES string of the molecule is O=S([O-])CCC(I)(I)I. The molecule has 0 saturated carbocycles. The van der Waals surface area contributed by atoms with Crippen LogP contribution in [0, 0.1) is 0 Å². The first-order chi connectivity index (χ1) is 3.92. The summed E-state index contributed by atoms with van der Waals surface area (Å²) in [5.74, 6) is 0.259. The van der Waals surface area contributed by atoms with E-state index in [1.54, 1.807) is 0 Å². The van der Waals surface area contributed by atoms with Crippen LogP contribution < -0.4 is 0 Å². The van der Waals surface area contributed by atoms with Gasteiger partial charge in [0.05, 0.1) is 0 Å². The zero-order chi connectivity index (χ0) is 7.49. The average molecular weight is 485 g/mol. The molecule has 0 fully saturated rings. The molecule has 0 aliphatic heterocycles. The van der Waals surface area contributed by atoms with Crippen molar-refractivity contribution in [3.8, 4) is 0 Å². The van der Waals surface area contributed by atoms with Crippen molar-refractivity contribution in [3.05, 3.63) is 0 Å². The van der Waals surface area contributed by atoms with Gasteiger partial charge in [0.15, 0.2) is 0 Å². The molecule has 1 unspecified atom stereocenters.